The molecule has 2 aliphatic rings. The van der Waals surface area contributed by atoms with Crippen molar-refractivity contribution in [2.45, 2.75) is 58.2 Å². The Bertz CT molecular complexity index is 629. The molecule has 0 radical (unpaired) electrons. The van der Waals surface area contributed by atoms with Crippen LogP contribution in [0.5, 0.6) is 0 Å². The Hall–Kier alpha value is -1.63. The minimum Gasteiger partial charge on any atom is -0.381 e. The SMILES string of the molecule is CN=C(NCCCOCC1CCOC1)NCc1ccc(CN2CCCCC2C)cc1. The number of ether oxygens (including phenoxy) is 2. The van der Waals surface area contributed by atoms with Gasteiger partial charge in [0.15, 0.2) is 5.96 Å². The first kappa shape index (κ1) is 23.0. The van der Waals surface area contributed by atoms with Gasteiger partial charge in [0.05, 0.1) is 13.2 Å². The zero-order valence-corrected chi connectivity index (χ0v) is 18.9. The largest absolute Gasteiger partial charge is 0.381 e. The number of aliphatic imine (C=N–C) groups is 1. The molecule has 30 heavy (non-hydrogen) atoms. The maximum Gasteiger partial charge on any atom is 0.191 e. The minimum absolute atomic E-state index is 0.585. The van der Waals surface area contributed by atoms with Gasteiger partial charge in [0.1, 0.15) is 0 Å². The van der Waals surface area contributed by atoms with E-state index in [1.165, 1.54) is 36.9 Å². The molecule has 0 saturated carbocycles. The van der Waals surface area contributed by atoms with E-state index in [2.05, 4.69) is 51.7 Å². The van der Waals surface area contributed by atoms with E-state index >= 15 is 0 Å². The summed E-state index contributed by atoms with van der Waals surface area (Å²) in [6, 6.07) is 9.69. The standard InChI is InChI=1S/C24H40N4O2/c1-20-6-3-4-13-28(20)17-22-9-7-21(8-10-22)16-27-24(25-2)26-12-5-14-29-18-23-11-15-30-19-23/h7-10,20,23H,3-6,11-19H2,1-2H3,(H2,25,26,27). The van der Waals surface area contributed by atoms with Gasteiger partial charge in [-0.2, -0.15) is 0 Å². The summed E-state index contributed by atoms with van der Waals surface area (Å²) >= 11 is 0. The van der Waals surface area contributed by atoms with E-state index in [1.54, 1.807) is 0 Å². The maximum absolute atomic E-state index is 5.75. The van der Waals surface area contributed by atoms with Crippen molar-refractivity contribution in [1.82, 2.24) is 15.5 Å². The summed E-state index contributed by atoms with van der Waals surface area (Å²) in [5.41, 5.74) is 2.68. The van der Waals surface area contributed by atoms with Crippen LogP contribution < -0.4 is 10.6 Å². The van der Waals surface area contributed by atoms with E-state index in [9.17, 15) is 0 Å². The Morgan fingerprint density at radius 3 is 2.73 bits per heavy atom. The molecule has 0 amide bonds. The molecule has 168 valence electrons. The molecule has 2 N–H and O–H groups in total. The van der Waals surface area contributed by atoms with Gasteiger partial charge in [-0.3, -0.25) is 9.89 Å². The van der Waals surface area contributed by atoms with Crippen molar-refractivity contribution in [2.75, 3.05) is 46.6 Å². The molecule has 2 unspecified atom stereocenters. The number of piperidine rings is 1. The van der Waals surface area contributed by atoms with Crippen molar-refractivity contribution in [3.8, 4) is 0 Å². The van der Waals surface area contributed by atoms with Gasteiger partial charge in [0, 0.05) is 51.9 Å². The number of likely N-dealkylation sites (tertiary alicyclic amines) is 1. The van der Waals surface area contributed by atoms with Crippen molar-refractivity contribution < 1.29 is 9.47 Å². The molecule has 0 bridgehead atoms. The summed E-state index contributed by atoms with van der Waals surface area (Å²) in [5, 5.41) is 6.77. The Morgan fingerprint density at radius 2 is 2.00 bits per heavy atom. The second-order valence-electron chi connectivity index (χ2n) is 8.64. The third-order valence-electron chi connectivity index (χ3n) is 6.17. The molecule has 0 aromatic heterocycles. The van der Waals surface area contributed by atoms with Gasteiger partial charge in [-0.05, 0) is 50.3 Å². The molecule has 2 heterocycles. The van der Waals surface area contributed by atoms with Crippen molar-refractivity contribution in [3.63, 3.8) is 0 Å². The van der Waals surface area contributed by atoms with Crippen LogP contribution in [-0.2, 0) is 22.6 Å². The molecule has 1 aromatic carbocycles. The highest BCUT2D eigenvalue weighted by molar-refractivity contribution is 5.79. The monoisotopic (exact) mass is 416 g/mol. The molecule has 2 atom stereocenters. The molecule has 2 saturated heterocycles. The number of nitrogens with zero attached hydrogens (tertiary/aromatic N) is 2. The van der Waals surface area contributed by atoms with Crippen molar-refractivity contribution >= 4 is 5.96 Å². The second-order valence-corrected chi connectivity index (χ2v) is 8.64. The predicted octanol–water partition coefficient (Wildman–Crippen LogP) is 3.17. The maximum atomic E-state index is 5.75. The Balaban J connectivity index is 1.29. The van der Waals surface area contributed by atoms with Crippen molar-refractivity contribution in [3.05, 3.63) is 35.4 Å². The lowest BCUT2D eigenvalue weighted by Gasteiger charge is -2.33. The number of nitrogens with one attached hydrogen (secondary N) is 2. The lowest BCUT2D eigenvalue weighted by molar-refractivity contribution is 0.0888. The average molecular weight is 417 g/mol. The fourth-order valence-corrected chi connectivity index (χ4v) is 4.14. The first-order chi connectivity index (χ1) is 14.7. The number of guanidine groups is 1. The summed E-state index contributed by atoms with van der Waals surface area (Å²) < 4.78 is 11.1. The Morgan fingerprint density at radius 1 is 1.17 bits per heavy atom. The predicted molar refractivity (Wildman–Crippen MR) is 123 cm³/mol. The highest BCUT2D eigenvalue weighted by atomic mass is 16.5. The molecule has 6 heteroatoms. The van der Waals surface area contributed by atoms with Crippen LogP contribution in [0.2, 0.25) is 0 Å². The van der Waals surface area contributed by atoms with Crippen LogP contribution in [0.4, 0.5) is 0 Å². The molecule has 6 nitrogen and oxygen atoms in total. The third kappa shape index (κ3) is 7.89. The number of hydrogen-bond acceptors (Lipinski definition) is 4. The van der Waals surface area contributed by atoms with Crippen LogP contribution in [0.1, 0.15) is 50.2 Å². The molecule has 3 rings (SSSR count). The molecule has 1 aromatic rings. The van der Waals surface area contributed by atoms with E-state index < -0.39 is 0 Å². The zero-order chi connectivity index (χ0) is 21.0. The van der Waals surface area contributed by atoms with E-state index in [-0.39, 0.29) is 0 Å². The van der Waals surface area contributed by atoms with Crippen molar-refractivity contribution in [2.24, 2.45) is 10.9 Å². The summed E-state index contributed by atoms with van der Waals surface area (Å²) in [7, 11) is 1.81. The topological polar surface area (TPSA) is 58.1 Å². The zero-order valence-electron chi connectivity index (χ0n) is 18.9. The van der Waals surface area contributed by atoms with E-state index in [0.29, 0.717) is 12.0 Å². The fourth-order valence-electron chi connectivity index (χ4n) is 4.14. The van der Waals surface area contributed by atoms with Gasteiger partial charge < -0.3 is 20.1 Å². The normalized spacial score (nSPS) is 22.9. The lowest BCUT2D eigenvalue weighted by Crippen LogP contribution is -2.37. The van der Waals surface area contributed by atoms with Crippen LogP contribution in [0.3, 0.4) is 0 Å². The Kier molecular flexibility index (Phi) is 9.93. The van der Waals surface area contributed by atoms with Gasteiger partial charge >= 0.3 is 0 Å². The summed E-state index contributed by atoms with van der Waals surface area (Å²) in [6.07, 6.45) is 6.14. The van der Waals surface area contributed by atoms with E-state index in [0.717, 1.165) is 64.9 Å². The highest BCUT2D eigenvalue weighted by Gasteiger charge is 2.18. The number of rotatable bonds is 10. The lowest BCUT2D eigenvalue weighted by atomic mass is 10.0. The Labute approximate surface area is 182 Å². The van der Waals surface area contributed by atoms with Crippen LogP contribution in [0, 0.1) is 5.92 Å². The van der Waals surface area contributed by atoms with Gasteiger partial charge in [-0.15, -0.1) is 0 Å². The highest BCUT2D eigenvalue weighted by Crippen LogP contribution is 2.19. The molecule has 0 spiro atoms. The van der Waals surface area contributed by atoms with Crippen LogP contribution >= 0.6 is 0 Å². The van der Waals surface area contributed by atoms with Gasteiger partial charge in [-0.25, -0.2) is 0 Å². The van der Waals surface area contributed by atoms with Crippen LogP contribution in [0.25, 0.3) is 0 Å². The second kappa shape index (κ2) is 12.9. The third-order valence-corrected chi connectivity index (χ3v) is 6.17. The molecular formula is C24H40N4O2. The van der Waals surface area contributed by atoms with Crippen LogP contribution in [-0.4, -0.2) is 63.5 Å². The molecule has 2 fully saturated rings. The fraction of sp³-hybridized carbons (Fsp3) is 0.708. The van der Waals surface area contributed by atoms with Gasteiger partial charge in [0.2, 0.25) is 0 Å². The number of benzene rings is 1. The van der Waals surface area contributed by atoms with E-state index in [1.807, 2.05) is 7.05 Å². The molecule has 0 aliphatic carbocycles. The first-order valence-electron chi connectivity index (χ1n) is 11.7. The molecule has 2 aliphatic heterocycles. The summed E-state index contributed by atoms with van der Waals surface area (Å²) in [4.78, 5) is 6.92. The smallest absolute Gasteiger partial charge is 0.191 e. The van der Waals surface area contributed by atoms with E-state index in [4.69, 9.17) is 9.47 Å². The molecular weight excluding hydrogens is 376 g/mol. The summed E-state index contributed by atoms with van der Waals surface area (Å²) in [5.74, 6) is 1.42. The minimum atomic E-state index is 0.585. The van der Waals surface area contributed by atoms with Crippen LogP contribution in [0.15, 0.2) is 29.3 Å². The average Bonchev–Trinajstić information content (AvgIpc) is 3.29. The van der Waals surface area contributed by atoms with Gasteiger partial charge in [-0.1, -0.05) is 30.7 Å². The summed E-state index contributed by atoms with van der Waals surface area (Å²) in [6.45, 7) is 9.61. The van der Waals surface area contributed by atoms with Crippen molar-refractivity contribution in [1.29, 1.82) is 0 Å². The first-order valence-corrected chi connectivity index (χ1v) is 11.7. The van der Waals surface area contributed by atoms with Gasteiger partial charge in [0.25, 0.3) is 0 Å². The quantitative estimate of drug-likeness (QED) is 0.349. The number of hydrogen-bond donors (Lipinski definition) is 2.